The first-order valence-corrected chi connectivity index (χ1v) is 6.53. The van der Waals surface area contributed by atoms with Crippen LogP contribution in [-0.4, -0.2) is 47.5 Å². The largest absolute Gasteiger partial charge is 0.464 e. The molecule has 1 aliphatic rings. The zero-order valence-corrected chi connectivity index (χ0v) is 10.5. The van der Waals surface area contributed by atoms with Gasteiger partial charge in [0.25, 0.3) is 0 Å². The molecule has 1 atom stereocenters. The first-order valence-electron chi connectivity index (χ1n) is 5.38. The summed E-state index contributed by atoms with van der Waals surface area (Å²) in [4.78, 5) is 25.0. The number of ether oxygens (including phenoxy) is 1. The van der Waals surface area contributed by atoms with E-state index in [2.05, 4.69) is 0 Å². The van der Waals surface area contributed by atoms with Crippen molar-refractivity contribution in [3.05, 3.63) is 12.2 Å². The normalized spacial score (nSPS) is 21.1. The maximum atomic E-state index is 11.7. The minimum Gasteiger partial charge on any atom is -0.464 e. The second-order valence-corrected chi connectivity index (χ2v) is 4.52. The molecule has 0 radical (unpaired) electrons. The summed E-state index contributed by atoms with van der Waals surface area (Å²) in [5, 5.41) is 0. The predicted molar refractivity (Wildman–Crippen MR) is 64.3 cm³/mol. The minimum atomic E-state index is -0.428. The van der Waals surface area contributed by atoms with Gasteiger partial charge in [-0.05, 0) is 19.9 Å². The van der Waals surface area contributed by atoms with Gasteiger partial charge in [0.2, 0.25) is 5.91 Å². The Hall–Kier alpha value is -0.970. The summed E-state index contributed by atoms with van der Waals surface area (Å²) >= 11 is 1.68. The Balaban J connectivity index is 2.70. The van der Waals surface area contributed by atoms with Crippen LogP contribution in [0.25, 0.3) is 0 Å². The van der Waals surface area contributed by atoms with Crippen molar-refractivity contribution < 1.29 is 14.3 Å². The van der Waals surface area contributed by atoms with Gasteiger partial charge in [0.15, 0.2) is 0 Å². The molecule has 1 heterocycles. The molecule has 1 fully saturated rings. The van der Waals surface area contributed by atoms with Crippen LogP contribution in [-0.2, 0) is 14.3 Å². The quantitative estimate of drug-likeness (QED) is 0.549. The molecule has 1 rings (SSSR count). The molecule has 0 N–H and O–H groups in total. The first-order chi connectivity index (χ1) is 7.70. The Labute approximate surface area is 100 Å². The third kappa shape index (κ3) is 3.27. The van der Waals surface area contributed by atoms with Gasteiger partial charge in [-0.3, -0.25) is 4.79 Å². The van der Waals surface area contributed by atoms with E-state index in [1.54, 1.807) is 36.6 Å². The molecule has 0 aromatic rings. The van der Waals surface area contributed by atoms with Gasteiger partial charge in [-0.1, -0.05) is 6.08 Å². The molecular formula is C11H17NO3S. The minimum absolute atomic E-state index is 0.110. The van der Waals surface area contributed by atoms with E-state index in [1.807, 2.05) is 0 Å². The maximum Gasteiger partial charge on any atom is 0.329 e. The molecule has 4 nitrogen and oxygen atoms in total. The van der Waals surface area contributed by atoms with E-state index in [0.717, 1.165) is 5.75 Å². The highest BCUT2D eigenvalue weighted by Crippen LogP contribution is 2.18. The van der Waals surface area contributed by atoms with Crippen molar-refractivity contribution in [2.45, 2.75) is 19.9 Å². The molecular weight excluding hydrogens is 226 g/mol. The molecule has 0 aliphatic carbocycles. The molecule has 1 unspecified atom stereocenters. The summed E-state index contributed by atoms with van der Waals surface area (Å²) in [7, 11) is 0. The van der Waals surface area contributed by atoms with Crippen LogP contribution < -0.4 is 0 Å². The van der Waals surface area contributed by atoms with Crippen LogP contribution in [0.5, 0.6) is 0 Å². The Bertz CT molecular complexity index is 291. The maximum absolute atomic E-state index is 11.7. The van der Waals surface area contributed by atoms with Gasteiger partial charge in [0.1, 0.15) is 6.04 Å². The number of carbonyl (C=O) groups is 2. The van der Waals surface area contributed by atoms with Crippen LogP contribution in [0, 0.1) is 0 Å². The van der Waals surface area contributed by atoms with E-state index in [9.17, 15) is 9.59 Å². The van der Waals surface area contributed by atoms with E-state index in [0.29, 0.717) is 18.9 Å². The van der Waals surface area contributed by atoms with E-state index in [1.165, 1.54) is 6.08 Å². The van der Waals surface area contributed by atoms with E-state index in [-0.39, 0.29) is 11.9 Å². The fraction of sp³-hybridized carbons (Fsp3) is 0.636. The number of amides is 1. The van der Waals surface area contributed by atoms with Crippen molar-refractivity contribution in [3.8, 4) is 0 Å². The molecule has 0 saturated carbocycles. The van der Waals surface area contributed by atoms with Crippen molar-refractivity contribution >= 4 is 23.6 Å². The SMILES string of the molecule is CC=CC(=O)N1CCSCC1C(=O)OCC. The second-order valence-electron chi connectivity index (χ2n) is 3.37. The summed E-state index contributed by atoms with van der Waals surface area (Å²) in [6, 6.07) is -0.428. The summed E-state index contributed by atoms with van der Waals surface area (Å²) < 4.78 is 4.97. The lowest BCUT2D eigenvalue weighted by atomic mass is 10.2. The highest BCUT2D eigenvalue weighted by Gasteiger charge is 2.32. The zero-order valence-electron chi connectivity index (χ0n) is 9.64. The fourth-order valence-corrected chi connectivity index (χ4v) is 2.57. The highest BCUT2D eigenvalue weighted by molar-refractivity contribution is 7.99. The summed E-state index contributed by atoms with van der Waals surface area (Å²) in [5.74, 6) is 1.09. The summed E-state index contributed by atoms with van der Waals surface area (Å²) in [5.41, 5.74) is 0. The number of allylic oxidation sites excluding steroid dienone is 1. The Kier molecular flexibility index (Phi) is 5.38. The fourth-order valence-electron chi connectivity index (χ4n) is 1.54. The number of hydrogen-bond acceptors (Lipinski definition) is 4. The average molecular weight is 243 g/mol. The number of hydrogen-bond donors (Lipinski definition) is 0. The molecule has 0 bridgehead atoms. The summed E-state index contributed by atoms with van der Waals surface area (Å²) in [6.07, 6.45) is 3.18. The molecule has 1 amide bonds. The van der Waals surface area contributed by atoms with Crippen LogP contribution in [0.4, 0.5) is 0 Å². The molecule has 0 aromatic heterocycles. The lowest BCUT2D eigenvalue weighted by molar-refractivity contribution is -0.152. The van der Waals surface area contributed by atoms with Crippen molar-refractivity contribution in [1.29, 1.82) is 0 Å². The lowest BCUT2D eigenvalue weighted by Crippen LogP contribution is -2.50. The standard InChI is InChI=1S/C11H17NO3S/c1-3-5-10(13)12-6-7-16-8-9(12)11(14)15-4-2/h3,5,9H,4,6-8H2,1-2H3. The van der Waals surface area contributed by atoms with E-state index < -0.39 is 6.04 Å². The molecule has 90 valence electrons. The lowest BCUT2D eigenvalue weighted by Gasteiger charge is -2.32. The van der Waals surface area contributed by atoms with Gasteiger partial charge < -0.3 is 9.64 Å². The number of esters is 1. The Morgan fingerprint density at radius 3 is 2.94 bits per heavy atom. The van der Waals surface area contributed by atoms with Crippen LogP contribution >= 0.6 is 11.8 Å². The van der Waals surface area contributed by atoms with Gasteiger partial charge in [0.05, 0.1) is 6.61 Å². The van der Waals surface area contributed by atoms with Crippen LogP contribution in [0.1, 0.15) is 13.8 Å². The number of thioether (sulfide) groups is 1. The third-order valence-corrected chi connectivity index (χ3v) is 3.30. The molecule has 0 spiro atoms. The zero-order chi connectivity index (χ0) is 12.0. The molecule has 1 aliphatic heterocycles. The smallest absolute Gasteiger partial charge is 0.329 e. The topological polar surface area (TPSA) is 46.6 Å². The van der Waals surface area contributed by atoms with Crippen LogP contribution in [0.2, 0.25) is 0 Å². The monoisotopic (exact) mass is 243 g/mol. The van der Waals surface area contributed by atoms with Crippen LogP contribution in [0.3, 0.4) is 0 Å². The Morgan fingerprint density at radius 2 is 2.31 bits per heavy atom. The third-order valence-electron chi connectivity index (χ3n) is 2.28. The molecule has 16 heavy (non-hydrogen) atoms. The van der Waals surface area contributed by atoms with Gasteiger partial charge in [-0.2, -0.15) is 11.8 Å². The number of carbonyl (C=O) groups excluding carboxylic acids is 2. The van der Waals surface area contributed by atoms with Crippen molar-refractivity contribution in [3.63, 3.8) is 0 Å². The Morgan fingerprint density at radius 1 is 1.56 bits per heavy atom. The predicted octanol–water partition coefficient (Wildman–Crippen LogP) is 1.07. The first kappa shape index (κ1) is 13.1. The average Bonchev–Trinajstić information content (AvgIpc) is 2.30. The number of rotatable bonds is 3. The summed E-state index contributed by atoms with van der Waals surface area (Å²) in [6.45, 7) is 4.52. The number of nitrogens with zero attached hydrogens (tertiary/aromatic N) is 1. The van der Waals surface area contributed by atoms with Gasteiger partial charge in [-0.25, -0.2) is 4.79 Å². The van der Waals surface area contributed by atoms with Crippen LogP contribution in [0.15, 0.2) is 12.2 Å². The molecule has 5 heteroatoms. The van der Waals surface area contributed by atoms with Gasteiger partial charge in [-0.15, -0.1) is 0 Å². The molecule has 0 aromatic carbocycles. The van der Waals surface area contributed by atoms with Crippen molar-refractivity contribution in [1.82, 2.24) is 4.90 Å². The molecule has 1 saturated heterocycles. The second kappa shape index (κ2) is 6.58. The van der Waals surface area contributed by atoms with Crippen molar-refractivity contribution in [2.24, 2.45) is 0 Å². The van der Waals surface area contributed by atoms with E-state index in [4.69, 9.17) is 4.74 Å². The van der Waals surface area contributed by atoms with E-state index >= 15 is 0 Å². The highest BCUT2D eigenvalue weighted by atomic mass is 32.2. The van der Waals surface area contributed by atoms with Gasteiger partial charge >= 0.3 is 5.97 Å². The van der Waals surface area contributed by atoms with Gasteiger partial charge in [0, 0.05) is 18.1 Å². The van der Waals surface area contributed by atoms with Crippen molar-refractivity contribution in [2.75, 3.05) is 24.7 Å².